The number of sulfonamides is 1. The van der Waals surface area contributed by atoms with E-state index in [4.69, 9.17) is 4.74 Å². The Morgan fingerprint density at radius 1 is 1.13 bits per heavy atom. The van der Waals surface area contributed by atoms with Gasteiger partial charge < -0.3 is 10.1 Å². The second-order valence-electron chi connectivity index (χ2n) is 5.82. The molecule has 0 aromatic heterocycles. The second-order valence-corrected chi connectivity index (χ2v) is 7.81. The number of nitrogens with zero attached hydrogens (tertiary/aromatic N) is 1. The van der Waals surface area contributed by atoms with Crippen molar-refractivity contribution in [3.8, 4) is 5.75 Å². The van der Waals surface area contributed by atoms with Crippen LogP contribution in [0.3, 0.4) is 0 Å². The minimum Gasteiger partial charge on any atom is -0.497 e. The Morgan fingerprint density at radius 3 is 2.09 bits per heavy atom. The molecule has 0 fully saturated rings. The molecule has 0 aliphatic carbocycles. The SMILES string of the molecule is COc1ccc(C(=O)NCCS(=O)(=O)N(C(C)C)C(C)C)cc1. The molecule has 1 amide bonds. The summed E-state index contributed by atoms with van der Waals surface area (Å²) in [6.07, 6.45) is 0. The number of benzene rings is 1. The van der Waals surface area contributed by atoms with Crippen LogP contribution in [0.5, 0.6) is 5.75 Å². The maximum absolute atomic E-state index is 12.4. The maximum Gasteiger partial charge on any atom is 0.251 e. The largest absolute Gasteiger partial charge is 0.497 e. The first-order valence-electron chi connectivity index (χ1n) is 7.62. The van der Waals surface area contributed by atoms with E-state index in [0.29, 0.717) is 11.3 Å². The zero-order chi connectivity index (χ0) is 17.6. The van der Waals surface area contributed by atoms with Crippen molar-refractivity contribution >= 4 is 15.9 Å². The monoisotopic (exact) mass is 342 g/mol. The molecule has 0 saturated heterocycles. The highest BCUT2D eigenvalue weighted by Gasteiger charge is 2.27. The average molecular weight is 342 g/mol. The van der Waals surface area contributed by atoms with Gasteiger partial charge in [0.2, 0.25) is 10.0 Å². The lowest BCUT2D eigenvalue weighted by molar-refractivity contribution is 0.0956. The van der Waals surface area contributed by atoms with Gasteiger partial charge >= 0.3 is 0 Å². The number of nitrogens with one attached hydrogen (secondary N) is 1. The van der Waals surface area contributed by atoms with Gasteiger partial charge in [-0.1, -0.05) is 0 Å². The summed E-state index contributed by atoms with van der Waals surface area (Å²) in [6.45, 7) is 7.44. The first-order valence-corrected chi connectivity index (χ1v) is 9.23. The summed E-state index contributed by atoms with van der Waals surface area (Å²) in [6, 6.07) is 6.42. The molecule has 0 unspecified atom stereocenters. The van der Waals surface area contributed by atoms with Crippen LogP contribution >= 0.6 is 0 Å². The molecule has 130 valence electrons. The highest BCUT2D eigenvalue weighted by Crippen LogP contribution is 2.13. The van der Waals surface area contributed by atoms with Gasteiger partial charge in [-0.2, -0.15) is 4.31 Å². The molecule has 1 N–H and O–H groups in total. The lowest BCUT2D eigenvalue weighted by Crippen LogP contribution is -2.45. The van der Waals surface area contributed by atoms with Crippen molar-refractivity contribution in [1.82, 2.24) is 9.62 Å². The predicted octanol–water partition coefficient (Wildman–Crippen LogP) is 1.87. The van der Waals surface area contributed by atoms with Crippen LogP contribution < -0.4 is 10.1 Å². The normalized spacial score (nSPS) is 12.0. The minimum atomic E-state index is -3.41. The molecule has 7 heteroatoms. The van der Waals surface area contributed by atoms with E-state index in [1.165, 1.54) is 4.31 Å². The molecule has 0 bridgehead atoms. The lowest BCUT2D eigenvalue weighted by atomic mass is 10.2. The van der Waals surface area contributed by atoms with E-state index in [2.05, 4.69) is 5.32 Å². The van der Waals surface area contributed by atoms with Gasteiger partial charge in [-0.15, -0.1) is 0 Å². The standard InChI is InChI=1S/C16H26N2O4S/c1-12(2)18(13(3)4)23(20,21)11-10-17-16(19)14-6-8-15(22-5)9-7-14/h6-9,12-13H,10-11H2,1-5H3,(H,17,19). The van der Waals surface area contributed by atoms with Crippen molar-refractivity contribution in [1.29, 1.82) is 0 Å². The molecule has 1 rings (SSSR count). The first kappa shape index (κ1) is 19.4. The predicted molar refractivity (Wildman–Crippen MR) is 91.2 cm³/mol. The van der Waals surface area contributed by atoms with Crippen molar-refractivity contribution in [2.45, 2.75) is 39.8 Å². The third-order valence-electron chi connectivity index (χ3n) is 3.34. The summed E-state index contributed by atoms with van der Waals surface area (Å²) in [5, 5.41) is 2.64. The maximum atomic E-state index is 12.4. The molecule has 6 nitrogen and oxygen atoms in total. The van der Waals surface area contributed by atoms with Crippen molar-refractivity contribution in [2.75, 3.05) is 19.4 Å². The third kappa shape index (κ3) is 5.51. The van der Waals surface area contributed by atoms with E-state index >= 15 is 0 Å². The number of carbonyl (C=O) groups is 1. The molecular weight excluding hydrogens is 316 g/mol. The molecule has 0 aliphatic heterocycles. The van der Waals surface area contributed by atoms with Gasteiger partial charge in [0.15, 0.2) is 0 Å². The third-order valence-corrected chi connectivity index (χ3v) is 5.54. The molecule has 1 aromatic carbocycles. The van der Waals surface area contributed by atoms with Crippen LogP contribution in [-0.4, -0.2) is 50.1 Å². The van der Waals surface area contributed by atoms with E-state index < -0.39 is 10.0 Å². The van der Waals surface area contributed by atoms with Crippen molar-refractivity contribution in [2.24, 2.45) is 0 Å². The molecule has 0 saturated carbocycles. The van der Waals surface area contributed by atoms with E-state index in [1.807, 2.05) is 27.7 Å². The summed E-state index contributed by atoms with van der Waals surface area (Å²) in [7, 11) is -1.86. The number of carbonyl (C=O) groups excluding carboxylic acids is 1. The zero-order valence-corrected chi connectivity index (χ0v) is 15.2. The van der Waals surface area contributed by atoms with Crippen molar-refractivity contribution in [3.63, 3.8) is 0 Å². The molecule has 23 heavy (non-hydrogen) atoms. The summed E-state index contributed by atoms with van der Waals surface area (Å²) in [5.41, 5.74) is 0.466. The Labute approximate surface area is 138 Å². The smallest absolute Gasteiger partial charge is 0.251 e. The lowest BCUT2D eigenvalue weighted by Gasteiger charge is -2.29. The number of ether oxygens (including phenoxy) is 1. The van der Waals surface area contributed by atoms with Gasteiger partial charge in [0.05, 0.1) is 12.9 Å². The zero-order valence-electron chi connectivity index (χ0n) is 14.4. The van der Waals surface area contributed by atoms with Gasteiger partial charge in [-0.3, -0.25) is 4.79 Å². The molecule has 0 radical (unpaired) electrons. The Balaban J connectivity index is 2.62. The fourth-order valence-corrected chi connectivity index (χ4v) is 4.34. The van der Waals surface area contributed by atoms with E-state index in [9.17, 15) is 13.2 Å². The molecule has 0 atom stereocenters. The molecule has 0 spiro atoms. The van der Waals surface area contributed by atoms with E-state index in [0.717, 1.165) is 0 Å². The van der Waals surface area contributed by atoms with Crippen LogP contribution in [0.4, 0.5) is 0 Å². The number of rotatable bonds is 8. The van der Waals surface area contributed by atoms with Gasteiger partial charge in [0, 0.05) is 24.2 Å². The highest BCUT2D eigenvalue weighted by atomic mass is 32.2. The second kappa shape index (κ2) is 8.31. The summed E-state index contributed by atoms with van der Waals surface area (Å²) in [4.78, 5) is 12.0. The van der Waals surface area contributed by atoms with Gasteiger partial charge in [-0.05, 0) is 52.0 Å². The number of methoxy groups -OCH3 is 1. The highest BCUT2D eigenvalue weighted by molar-refractivity contribution is 7.89. The minimum absolute atomic E-state index is 0.0726. The van der Waals surface area contributed by atoms with Crippen LogP contribution in [0.15, 0.2) is 24.3 Å². The Bertz CT molecular complexity index is 601. The summed E-state index contributed by atoms with van der Waals surface area (Å²) >= 11 is 0. The fraction of sp³-hybridized carbons (Fsp3) is 0.562. The number of hydrogen-bond donors (Lipinski definition) is 1. The fourth-order valence-electron chi connectivity index (χ4n) is 2.48. The van der Waals surface area contributed by atoms with Crippen LogP contribution in [0, 0.1) is 0 Å². The van der Waals surface area contributed by atoms with Gasteiger partial charge in [-0.25, -0.2) is 8.42 Å². The van der Waals surface area contributed by atoms with Crippen LogP contribution in [0.1, 0.15) is 38.1 Å². The number of amides is 1. The number of hydrogen-bond acceptors (Lipinski definition) is 4. The Morgan fingerprint density at radius 2 is 1.65 bits per heavy atom. The van der Waals surface area contributed by atoms with Crippen molar-refractivity contribution < 1.29 is 17.9 Å². The topological polar surface area (TPSA) is 75.7 Å². The summed E-state index contributed by atoms with van der Waals surface area (Å²) in [5.74, 6) is 0.239. The van der Waals surface area contributed by atoms with Crippen LogP contribution in [0.2, 0.25) is 0 Å². The van der Waals surface area contributed by atoms with E-state index in [1.54, 1.807) is 31.4 Å². The van der Waals surface area contributed by atoms with Crippen LogP contribution in [-0.2, 0) is 10.0 Å². The molecule has 0 aliphatic rings. The Hall–Kier alpha value is -1.60. The molecule has 0 heterocycles. The Kier molecular flexibility index (Phi) is 7.02. The van der Waals surface area contributed by atoms with Gasteiger partial charge in [0.25, 0.3) is 5.91 Å². The molecule has 1 aromatic rings. The average Bonchev–Trinajstić information content (AvgIpc) is 2.45. The summed E-state index contributed by atoms with van der Waals surface area (Å²) < 4.78 is 31.2. The molecular formula is C16H26N2O4S. The van der Waals surface area contributed by atoms with Crippen LogP contribution in [0.25, 0.3) is 0 Å². The van der Waals surface area contributed by atoms with Gasteiger partial charge in [0.1, 0.15) is 5.75 Å². The first-order chi connectivity index (χ1) is 10.7. The van der Waals surface area contributed by atoms with Crippen molar-refractivity contribution in [3.05, 3.63) is 29.8 Å². The van der Waals surface area contributed by atoms with E-state index in [-0.39, 0.29) is 30.3 Å². The quantitative estimate of drug-likeness (QED) is 0.782.